The van der Waals surface area contributed by atoms with E-state index in [9.17, 15) is 8.42 Å². The summed E-state index contributed by atoms with van der Waals surface area (Å²) in [6, 6.07) is 5.19. The van der Waals surface area contributed by atoms with Crippen LogP contribution in [0.3, 0.4) is 0 Å². The molecule has 0 spiro atoms. The van der Waals surface area contributed by atoms with Gasteiger partial charge in [0.05, 0.1) is 15.8 Å². The summed E-state index contributed by atoms with van der Waals surface area (Å²) in [5.41, 5.74) is 0.560. The Balaban J connectivity index is 2.13. The molecule has 1 fully saturated rings. The zero-order chi connectivity index (χ0) is 13.3. The van der Waals surface area contributed by atoms with Gasteiger partial charge in [-0.15, -0.1) is 0 Å². The molecule has 0 bridgehead atoms. The fourth-order valence-electron chi connectivity index (χ4n) is 1.54. The number of nitrogens with one attached hydrogen (secondary N) is 1. The Labute approximate surface area is 116 Å². The second-order valence-electron chi connectivity index (χ2n) is 4.66. The molecule has 0 aromatic heterocycles. The standard InChI is InChI=1S/C12H16BrNO3S/c1-8(2)17-12-6-3-9(7-11(12)13)14-18(15,16)10-4-5-10/h3,6-8,10,14H,4-5H2,1-2H3. The van der Waals surface area contributed by atoms with Gasteiger partial charge in [0.1, 0.15) is 5.75 Å². The Morgan fingerprint density at radius 3 is 2.56 bits per heavy atom. The number of sulfonamides is 1. The van der Waals surface area contributed by atoms with E-state index in [2.05, 4.69) is 20.7 Å². The highest BCUT2D eigenvalue weighted by molar-refractivity contribution is 9.10. The van der Waals surface area contributed by atoms with E-state index in [0.29, 0.717) is 11.4 Å². The molecule has 1 saturated carbocycles. The zero-order valence-corrected chi connectivity index (χ0v) is 12.7. The summed E-state index contributed by atoms with van der Waals surface area (Å²) in [7, 11) is -3.20. The lowest BCUT2D eigenvalue weighted by Gasteiger charge is -2.13. The first-order chi connectivity index (χ1) is 8.38. The molecule has 2 rings (SSSR count). The Morgan fingerprint density at radius 2 is 2.06 bits per heavy atom. The lowest BCUT2D eigenvalue weighted by atomic mass is 10.3. The maximum Gasteiger partial charge on any atom is 0.235 e. The quantitative estimate of drug-likeness (QED) is 0.900. The molecule has 1 N–H and O–H groups in total. The van der Waals surface area contributed by atoms with Crippen LogP contribution < -0.4 is 9.46 Å². The van der Waals surface area contributed by atoms with Crippen molar-refractivity contribution in [1.29, 1.82) is 0 Å². The van der Waals surface area contributed by atoms with E-state index in [4.69, 9.17) is 4.74 Å². The van der Waals surface area contributed by atoms with E-state index >= 15 is 0 Å². The van der Waals surface area contributed by atoms with Crippen molar-refractivity contribution < 1.29 is 13.2 Å². The van der Waals surface area contributed by atoms with Gasteiger partial charge in [0.25, 0.3) is 0 Å². The number of benzene rings is 1. The average Bonchev–Trinajstić information content (AvgIpc) is 3.04. The summed E-state index contributed by atoms with van der Waals surface area (Å²) >= 11 is 3.38. The van der Waals surface area contributed by atoms with Crippen LogP contribution in [-0.2, 0) is 10.0 Å². The van der Waals surface area contributed by atoms with Gasteiger partial charge in [-0.25, -0.2) is 8.42 Å². The first-order valence-electron chi connectivity index (χ1n) is 5.86. The molecule has 1 aromatic rings. The highest BCUT2D eigenvalue weighted by atomic mass is 79.9. The molecule has 0 radical (unpaired) electrons. The Bertz CT molecular complexity index is 538. The van der Waals surface area contributed by atoms with Gasteiger partial charge in [-0.3, -0.25) is 4.72 Å². The monoisotopic (exact) mass is 333 g/mol. The smallest absolute Gasteiger partial charge is 0.235 e. The average molecular weight is 334 g/mol. The van der Waals surface area contributed by atoms with Crippen molar-refractivity contribution in [2.45, 2.75) is 38.0 Å². The van der Waals surface area contributed by atoms with Crippen molar-refractivity contribution >= 4 is 31.6 Å². The summed E-state index contributed by atoms with van der Waals surface area (Å²) in [6.45, 7) is 3.88. The summed E-state index contributed by atoms with van der Waals surface area (Å²) in [4.78, 5) is 0. The first-order valence-corrected chi connectivity index (χ1v) is 8.20. The minimum absolute atomic E-state index is 0.0790. The molecule has 0 heterocycles. The minimum Gasteiger partial charge on any atom is -0.490 e. The van der Waals surface area contributed by atoms with Crippen molar-refractivity contribution in [1.82, 2.24) is 0 Å². The van der Waals surface area contributed by atoms with Crippen LogP contribution in [0, 0.1) is 0 Å². The van der Waals surface area contributed by atoms with Gasteiger partial charge >= 0.3 is 0 Å². The number of hydrogen-bond acceptors (Lipinski definition) is 3. The molecule has 4 nitrogen and oxygen atoms in total. The Kier molecular flexibility index (Phi) is 3.87. The van der Waals surface area contributed by atoms with Crippen molar-refractivity contribution in [3.8, 4) is 5.75 Å². The molecule has 0 aliphatic heterocycles. The second-order valence-corrected chi connectivity index (χ2v) is 7.47. The molecule has 100 valence electrons. The minimum atomic E-state index is -3.20. The number of anilines is 1. The molecular weight excluding hydrogens is 318 g/mol. The highest BCUT2D eigenvalue weighted by Crippen LogP contribution is 2.32. The van der Waals surface area contributed by atoms with Gasteiger partial charge in [-0.1, -0.05) is 0 Å². The van der Waals surface area contributed by atoms with Crippen LogP contribution in [0.15, 0.2) is 22.7 Å². The number of rotatable bonds is 5. The Hall–Kier alpha value is -0.750. The lowest BCUT2D eigenvalue weighted by molar-refractivity contribution is 0.241. The van der Waals surface area contributed by atoms with Gasteiger partial charge in [-0.2, -0.15) is 0 Å². The van der Waals surface area contributed by atoms with Crippen molar-refractivity contribution in [2.24, 2.45) is 0 Å². The molecule has 1 aliphatic rings. The molecule has 0 saturated heterocycles. The third-order valence-corrected chi connectivity index (χ3v) is 5.01. The summed E-state index contributed by atoms with van der Waals surface area (Å²) < 4.78 is 32.5. The number of ether oxygens (including phenoxy) is 1. The van der Waals surface area contributed by atoms with Crippen LogP contribution in [0.4, 0.5) is 5.69 Å². The number of hydrogen-bond donors (Lipinski definition) is 1. The van der Waals surface area contributed by atoms with Gasteiger partial charge in [0.2, 0.25) is 10.0 Å². The van der Waals surface area contributed by atoms with Crippen LogP contribution >= 0.6 is 15.9 Å². The summed E-state index contributed by atoms with van der Waals surface area (Å²) in [5, 5.41) is -0.220. The SMILES string of the molecule is CC(C)Oc1ccc(NS(=O)(=O)C2CC2)cc1Br. The van der Waals surface area contributed by atoms with Gasteiger partial charge in [0, 0.05) is 5.69 Å². The zero-order valence-electron chi connectivity index (χ0n) is 10.3. The largest absolute Gasteiger partial charge is 0.490 e. The van der Waals surface area contributed by atoms with Crippen LogP contribution in [-0.4, -0.2) is 19.8 Å². The lowest BCUT2D eigenvalue weighted by Crippen LogP contribution is -2.17. The van der Waals surface area contributed by atoms with Crippen LogP contribution in [0.5, 0.6) is 5.75 Å². The van der Waals surface area contributed by atoms with Crippen molar-refractivity contribution in [3.05, 3.63) is 22.7 Å². The predicted octanol–water partition coefficient (Wildman–Crippen LogP) is 3.14. The van der Waals surface area contributed by atoms with E-state index in [1.165, 1.54) is 0 Å². The van der Waals surface area contributed by atoms with Crippen LogP contribution in [0.25, 0.3) is 0 Å². The Morgan fingerprint density at radius 1 is 1.39 bits per heavy atom. The maximum atomic E-state index is 11.8. The fraction of sp³-hybridized carbons (Fsp3) is 0.500. The van der Waals surface area contributed by atoms with Gasteiger partial charge in [-0.05, 0) is 60.8 Å². The molecular formula is C12H16BrNO3S. The van der Waals surface area contributed by atoms with Gasteiger partial charge in [0.15, 0.2) is 0 Å². The van der Waals surface area contributed by atoms with Crippen molar-refractivity contribution in [3.63, 3.8) is 0 Å². The van der Waals surface area contributed by atoms with E-state index in [0.717, 1.165) is 17.3 Å². The molecule has 6 heteroatoms. The van der Waals surface area contributed by atoms with Crippen LogP contribution in [0.2, 0.25) is 0 Å². The first kappa shape index (κ1) is 13.7. The van der Waals surface area contributed by atoms with Gasteiger partial charge < -0.3 is 4.74 Å². The van der Waals surface area contributed by atoms with Crippen LogP contribution in [0.1, 0.15) is 26.7 Å². The maximum absolute atomic E-state index is 11.8. The summed E-state index contributed by atoms with van der Waals surface area (Å²) in [6.07, 6.45) is 1.59. The summed E-state index contributed by atoms with van der Waals surface area (Å²) in [5.74, 6) is 0.708. The van der Waals surface area contributed by atoms with Crippen molar-refractivity contribution in [2.75, 3.05) is 4.72 Å². The molecule has 1 aromatic carbocycles. The molecule has 0 unspecified atom stereocenters. The normalized spacial score (nSPS) is 15.8. The molecule has 0 amide bonds. The van der Waals surface area contributed by atoms with E-state index in [-0.39, 0.29) is 11.4 Å². The molecule has 1 aliphatic carbocycles. The second kappa shape index (κ2) is 5.09. The number of halogens is 1. The van der Waals surface area contributed by atoms with E-state index in [1.54, 1.807) is 18.2 Å². The van der Waals surface area contributed by atoms with E-state index < -0.39 is 10.0 Å². The molecule has 18 heavy (non-hydrogen) atoms. The topological polar surface area (TPSA) is 55.4 Å². The fourth-order valence-corrected chi connectivity index (χ4v) is 3.39. The van der Waals surface area contributed by atoms with E-state index in [1.807, 2.05) is 13.8 Å². The highest BCUT2D eigenvalue weighted by Gasteiger charge is 2.35. The predicted molar refractivity (Wildman–Crippen MR) is 75.5 cm³/mol. The third-order valence-electron chi connectivity index (χ3n) is 2.52. The molecule has 0 atom stereocenters. The third kappa shape index (κ3) is 3.38.